The maximum absolute atomic E-state index is 11.9. The second-order valence-corrected chi connectivity index (χ2v) is 5.33. The molecule has 0 saturated carbocycles. The summed E-state index contributed by atoms with van der Waals surface area (Å²) in [6.45, 7) is 3.04. The fourth-order valence-corrected chi connectivity index (χ4v) is 1.82. The zero-order valence-electron chi connectivity index (χ0n) is 11.4. The lowest BCUT2D eigenvalue weighted by atomic mass is 9.89. The van der Waals surface area contributed by atoms with Crippen LogP contribution >= 0.6 is 0 Å². The molecule has 2 aromatic rings. The number of carboxylic acids is 1. The number of rotatable bonds is 4. The number of anilines is 1. The van der Waals surface area contributed by atoms with Gasteiger partial charge in [-0.15, -0.1) is 0 Å². The third kappa shape index (κ3) is 3.12. The van der Waals surface area contributed by atoms with Crippen molar-refractivity contribution in [2.24, 2.45) is 5.41 Å². The van der Waals surface area contributed by atoms with Gasteiger partial charge in [-0.3, -0.25) is 14.6 Å². The molecule has 0 aliphatic heterocycles. The van der Waals surface area contributed by atoms with Crippen molar-refractivity contribution in [2.75, 3.05) is 5.32 Å². The van der Waals surface area contributed by atoms with Crippen LogP contribution in [-0.2, 0) is 9.59 Å². The van der Waals surface area contributed by atoms with E-state index in [0.29, 0.717) is 5.69 Å². The van der Waals surface area contributed by atoms with Gasteiger partial charge in [0.05, 0.1) is 22.8 Å². The average Bonchev–Trinajstić information content (AvgIpc) is 2.37. The maximum Gasteiger partial charge on any atom is 0.309 e. The highest BCUT2D eigenvalue weighted by atomic mass is 16.4. The average molecular weight is 272 g/mol. The Kier molecular flexibility index (Phi) is 3.70. The molecule has 1 aromatic heterocycles. The number of para-hydroxylation sites is 1. The Morgan fingerprint density at radius 2 is 2.00 bits per heavy atom. The van der Waals surface area contributed by atoms with Crippen LogP contribution in [0.2, 0.25) is 0 Å². The highest BCUT2D eigenvalue weighted by Crippen LogP contribution is 2.22. The predicted octanol–water partition coefficient (Wildman–Crippen LogP) is 2.67. The molecule has 5 nitrogen and oxygen atoms in total. The number of carbonyl (C=O) groups is 2. The number of amides is 1. The second kappa shape index (κ2) is 5.28. The summed E-state index contributed by atoms with van der Waals surface area (Å²) in [6, 6.07) is 9.38. The topological polar surface area (TPSA) is 79.3 Å². The second-order valence-electron chi connectivity index (χ2n) is 5.33. The van der Waals surface area contributed by atoms with E-state index in [4.69, 9.17) is 5.11 Å². The number of nitrogens with one attached hydrogen (secondary N) is 1. The molecule has 0 spiro atoms. The number of fused-ring (bicyclic) bond motifs is 1. The maximum atomic E-state index is 11.9. The summed E-state index contributed by atoms with van der Waals surface area (Å²) in [5.41, 5.74) is 0.320. The number of aromatic nitrogens is 1. The van der Waals surface area contributed by atoms with Gasteiger partial charge in [0.2, 0.25) is 5.91 Å². The Balaban J connectivity index is 2.12. The van der Waals surface area contributed by atoms with Gasteiger partial charge in [0.25, 0.3) is 0 Å². The largest absolute Gasteiger partial charge is 0.481 e. The van der Waals surface area contributed by atoms with Crippen LogP contribution in [0.25, 0.3) is 10.9 Å². The minimum atomic E-state index is -1.09. The van der Waals surface area contributed by atoms with E-state index in [1.165, 1.54) is 13.8 Å². The Morgan fingerprint density at radius 3 is 2.70 bits per heavy atom. The molecule has 104 valence electrons. The van der Waals surface area contributed by atoms with Crippen molar-refractivity contribution in [1.29, 1.82) is 0 Å². The molecule has 0 aliphatic carbocycles. The molecule has 0 unspecified atom stereocenters. The van der Waals surface area contributed by atoms with Crippen molar-refractivity contribution < 1.29 is 14.7 Å². The van der Waals surface area contributed by atoms with Crippen molar-refractivity contribution in [2.45, 2.75) is 20.3 Å². The standard InChI is InChI=1S/C15H16N2O3/c1-15(2,14(19)20)8-13(18)17-11-7-10-5-3-4-6-12(10)16-9-11/h3-7,9H,8H2,1-2H3,(H,17,18)(H,19,20). The molecule has 2 N–H and O–H groups in total. The number of nitrogens with zero attached hydrogens (tertiary/aromatic N) is 1. The fourth-order valence-electron chi connectivity index (χ4n) is 1.82. The van der Waals surface area contributed by atoms with Crippen molar-refractivity contribution in [1.82, 2.24) is 4.98 Å². The molecule has 0 fully saturated rings. The van der Waals surface area contributed by atoms with E-state index in [0.717, 1.165) is 10.9 Å². The van der Waals surface area contributed by atoms with E-state index in [2.05, 4.69) is 10.3 Å². The molecule has 0 saturated heterocycles. The Bertz CT molecular complexity index is 665. The first kappa shape index (κ1) is 14.0. The monoisotopic (exact) mass is 272 g/mol. The zero-order chi connectivity index (χ0) is 14.8. The molecule has 0 bridgehead atoms. The molecule has 1 amide bonds. The van der Waals surface area contributed by atoms with E-state index < -0.39 is 11.4 Å². The summed E-state index contributed by atoms with van der Waals surface area (Å²) >= 11 is 0. The van der Waals surface area contributed by atoms with Crippen LogP contribution in [0.3, 0.4) is 0 Å². The first-order valence-corrected chi connectivity index (χ1v) is 6.26. The molecule has 20 heavy (non-hydrogen) atoms. The molecule has 1 aromatic carbocycles. The van der Waals surface area contributed by atoms with Gasteiger partial charge in [-0.1, -0.05) is 18.2 Å². The summed E-state index contributed by atoms with van der Waals surface area (Å²) in [6.07, 6.45) is 1.48. The van der Waals surface area contributed by atoms with Crippen LogP contribution in [0.4, 0.5) is 5.69 Å². The van der Waals surface area contributed by atoms with Gasteiger partial charge < -0.3 is 10.4 Å². The first-order chi connectivity index (χ1) is 9.38. The lowest BCUT2D eigenvalue weighted by molar-refractivity contribution is -0.148. The van der Waals surface area contributed by atoms with Crippen molar-refractivity contribution in [3.05, 3.63) is 36.5 Å². The van der Waals surface area contributed by atoms with Gasteiger partial charge in [-0.2, -0.15) is 0 Å². The summed E-state index contributed by atoms with van der Waals surface area (Å²) in [5, 5.41) is 12.6. The van der Waals surface area contributed by atoms with Gasteiger partial charge in [-0.25, -0.2) is 0 Å². The van der Waals surface area contributed by atoms with Crippen LogP contribution in [0.1, 0.15) is 20.3 Å². The van der Waals surface area contributed by atoms with E-state index >= 15 is 0 Å². The van der Waals surface area contributed by atoms with Crippen molar-refractivity contribution in [3.63, 3.8) is 0 Å². The molecular formula is C15H16N2O3. The zero-order valence-corrected chi connectivity index (χ0v) is 11.4. The van der Waals surface area contributed by atoms with E-state index in [-0.39, 0.29) is 12.3 Å². The number of hydrogen-bond donors (Lipinski definition) is 2. The van der Waals surface area contributed by atoms with Crippen LogP contribution in [0.5, 0.6) is 0 Å². The molecule has 0 aliphatic rings. The Hall–Kier alpha value is -2.43. The highest BCUT2D eigenvalue weighted by molar-refractivity contribution is 5.95. The van der Waals surface area contributed by atoms with Gasteiger partial charge in [0.1, 0.15) is 0 Å². The number of carbonyl (C=O) groups excluding carboxylic acids is 1. The van der Waals surface area contributed by atoms with E-state index in [1.807, 2.05) is 30.3 Å². The van der Waals surface area contributed by atoms with E-state index in [9.17, 15) is 9.59 Å². The van der Waals surface area contributed by atoms with Crippen LogP contribution in [-0.4, -0.2) is 22.0 Å². The Morgan fingerprint density at radius 1 is 1.30 bits per heavy atom. The molecule has 2 rings (SSSR count). The third-order valence-electron chi connectivity index (χ3n) is 3.06. The van der Waals surface area contributed by atoms with Gasteiger partial charge in [-0.05, 0) is 26.0 Å². The number of pyridine rings is 1. The van der Waals surface area contributed by atoms with Gasteiger partial charge in [0, 0.05) is 11.8 Å². The van der Waals surface area contributed by atoms with Crippen LogP contribution in [0, 0.1) is 5.41 Å². The molecule has 1 heterocycles. The predicted molar refractivity (Wildman–Crippen MR) is 76.4 cm³/mol. The number of carboxylic acid groups (broad SMARTS) is 1. The molecule has 0 radical (unpaired) electrons. The number of benzene rings is 1. The minimum absolute atomic E-state index is 0.0881. The summed E-state index contributed by atoms with van der Waals surface area (Å²) < 4.78 is 0. The van der Waals surface area contributed by atoms with Gasteiger partial charge >= 0.3 is 5.97 Å². The summed E-state index contributed by atoms with van der Waals surface area (Å²) in [7, 11) is 0. The lowest BCUT2D eigenvalue weighted by Crippen LogP contribution is -2.29. The van der Waals surface area contributed by atoms with E-state index in [1.54, 1.807) is 6.20 Å². The molecular weight excluding hydrogens is 256 g/mol. The smallest absolute Gasteiger partial charge is 0.309 e. The minimum Gasteiger partial charge on any atom is -0.481 e. The Labute approximate surface area is 116 Å². The normalized spacial score (nSPS) is 11.3. The number of hydrogen-bond acceptors (Lipinski definition) is 3. The van der Waals surface area contributed by atoms with Crippen LogP contribution < -0.4 is 5.32 Å². The molecule has 0 atom stereocenters. The van der Waals surface area contributed by atoms with Gasteiger partial charge in [0.15, 0.2) is 0 Å². The quantitative estimate of drug-likeness (QED) is 0.896. The van der Waals surface area contributed by atoms with Crippen LogP contribution in [0.15, 0.2) is 36.5 Å². The highest BCUT2D eigenvalue weighted by Gasteiger charge is 2.30. The number of aliphatic carboxylic acids is 1. The third-order valence-corrected chi connectivity index (χ3v) is 3.06. The summed E-state index contributed by atoms with van der Waals surface area (Å²) in [4.78, 5) is 27.1. The SMILES string of the molecule is CC(C)(CC(=O)Nc1cnc2ccccc2c1)C(=O)O. The fraction of sp³-hybridized carbons (Fsp3) is 0.267. The van der Waals surface area contributed by atoms with Crippen molar-refractivity contribution in [3.8, 4) is 0 Å². The summed E-state index contributed by atoms with van der Waals surface area (Å²) in [5.74, 6) is -1.33. The first-order valence-electron chi connectivity index (χ1n) is 6.26. The van der Waals surface area contributed by atoms with Crippen molar-refractivity contribution >= 4 is 28.5 Å². The lowest BCUT2D eigenvalue weighted by Gasteiger charge is -2.18. The molecule has 5 heteroatoms.